The number of rotatable bonds is 2. The van der Waals surface area contributed by atoms with Crippen molar-refractivity contribution in [2.24, 2.45) is 0 Å². The van der Waals surface area contributed by atoms with Crippen molar-refractivity contribution in [3.63, 3.8) is 0 Å². The first-order chi connectivity index (χ1) is 8.90. The lowest BCUT2D eigenvalue weighted by molar-refractivity contribution is 0.628. The number of nitrogens with zero attached hydrogens (tertiary/aromatic N) is 2. The van der Waals surface area contributed by atoms with E-state index in [2.05, 4.69) is 25.9 Å². The highest BCUT2D eigenvalue weighted by molar-refractivity contribution is 9.10. The highest BCUT2D eigenvalue weighted by Crippen LogP contribution is 2.30. The van der Waals surface area contributed by atoms with E-state index in [0.29, 0.717) is 21.7 Å². The van der Waals surface area contributed by atoms with Gasteiger partial charge in [-0.3, -0.25) is 0 Å². The van der Waals surface area contributed by atoms with Crippen LogP contribution in [0.5, 0.6) is 0 Å². The zero-order valence-corrected chi connectivity index (χ0v) is 12.8. The van der Waals surface area contributed by atoms with Gasteiger partial charge in [-0.15, -0.1) is 0 Å². The molecule has 0 aliphatic carbocycles. The van der Waals surface area contributed by atoms with Gasteiger partial charge >= 0.3 is 0 Å². The van der Waals surface area contributed by atoms with E-state index in [1.807, 2.05) is 13.8 Å². The lowest BCUT2D eigenvalue weighted by Gasteiger charge is -2.11. The first-order valence-electron chi connectivity index (χ1n) is 5.68. The highest BCUT2D eigenvalue weighted by Gasteiger charge is 2.15. The molecule has 1 aromatic carbocycles. The molecule has 2 N–H and O–H groups in total. The van der Waals surface area contributed by atoms with Crippen molar-refractivity contribution in [2.45, 2.75) is 19.8 Å². The van der Waals surface area contributed by atoms with Gasteiger partial charge in [-0.1, -0.05) is 25.4 Å². The van der Waals surface area contributed by atoms with Crippen molar-refractivity contribution in [3.8, 4) is 11.4 Å². The Balaban J connectivity index is 2.59. The van der Waals surface area contributed by atoms with Crippen LogP contribution < -0.4 is 5.73 Å². The van der Waals surface area contributed by atoms with Gasteiger partial charge in [-0.25, -0.2) is 14.4 Å². The Morgan fingerprint density at radius 1 is 1.32 bits per heavy atom. The monoisotopic (exact) mass is 343 g/mol. The number of benzene rings is 1. The zero-order chi connectivity index (χ0) is 14.2. The van der Waals surface area contributed by atoms with Crippen LogP contribution in [0, 0.1) is 5.82 Å². The molecule has 0 atom stereocenters. The summed E-state index contributed by atoms with van der Waals surface area (Å²) in [5, 5.41) is 0.0675. The summed E-state index contributed by atoms with van der Waals surface area (Å²) in [4.78, 5) is 8.59. The van der Waals surface area contributed by atoms with Gasteiger partial charge in [-0.05, 0) is 40.0 Å². The molecule has 0 fully saturated rings. The molecule has 2 aromatic rings. The van der Waals surface area contributed by atoms with Crippen LogP contribution in [0.3, 0.4) is 0 Å². The molecule has 2 rings (SSSR count). The highest BCUT2D eigenvalue weighted by atomic mass is 79.9. The first kappa shape index (κ1) is 14.2. The van der Waals surface area contributed by atoms with Crippen LogP contribution >= 0.6 is 27.5 Å². The number of aromatic nitrogens is 2. The van der Waals surface area contributed by atoms with Gasteiger partial charge in [-0.2, -0.15) is 0 Å². The lowest BCUT2D eigenvalue weighted by atomic mass is 10.1. The predicted molar refractivity (Wildman–Crippen MR) is 78.6 cm³/mol. The van der Waals surface area contributed by atoms with Gasteiger partial charge in [0.15, 0.2) is 5.82 Å². The van der Waals surface area contributed by atoms with Crippen LogP contribution in [0.25, 0.3) is 11.4 Å². The fraction of sp³-hybridized carbons (Fsp3) is 0.231. The molecule has 3 nitrogen and oxygen atoms in total. The Bertz CT molecular complexity index is 632. The fourth-order valence-corrected chi connectivity index (χ4v) is 2.38. The smallest absolute Gasteiger partial charge is 0.161 e. The van der Waals surface area contributed by atoms with E-state index in [4.69, 9.17) is 17.3 Å². The SMILES string of the molecule is CC(C)c1nc(-c2ccc(Cl)c(F)c2)nc(N)c1Br. The van der Waals surface area contributed by atoms with Gasteiger partial charge in [0.2, 0.25) is 0 Å². The molecule has 19 heavy (non-hydrogen) atoms. The second-order valence-electron chi connectivity index (χ2n) is 4.42. The number of nitrogens with two attached hydrogens (primary N) is 1. The lowest BCUT2D eigenvalue weighted by Crippen LogP contribution is -2.04. The van der Waals surface area contributed by atoms with Gasteiger partial charge < -0.3 is 5.73 Å². The molecule has 1 heterocycles. The van der Waals surface area contributed by atoms with E-state index < -0.39 is 5.82 Å². The Morgan fingerprint density at radius 3 is 2.58 bits per heavy atom. The summed E-state index contributed by atoms with van der Waals surface area (Å²) < 4.78 is 14.2. The molecular weight excluding hydrogens is 333 g/mol. The molecule has 6 heteroatoms. The minimum absolute atomic E-state index is 0.0675. The summed E-state index contributed by atoms with van der Waals surface area (Å²) >= 11 is 9.03. The van der Waals surface area contributed by atoms with Crippen molar-refractivity contribution in [2.75, 3.05) is 5.73 Å². The maximum atomic E-state index is 13.5. The molecule has 0 radical (unpaired) electrons. The normalized spacial score (nSPS) is 11.1. The third-order valence-electron chi connectivity index (χ3n) is 2.63. The van der Waals surface area contributed by atoms with Gasteiger partial charge in [0.05, 0.1) is 15.2 Å². The van der Waals surface area contributed by atoms with Crippen LogP contribution in [0.4, 0.5) is 10.2 Å². The summed E-state index contributed by atoms with van der Waals surface area (Å²) in [6.07, 6.45) is 0. The van der Waals surface area contributed by atoms with E-state index in [1.165, 1.54) is 12.1 Å². The largest absolute Gasteiger partial charge is 0.383 e. The summed E-state index contributed by atoms with van der Waals surface area (Å²) in [5.74, 6) is 0.398. The second-order valence-corrected chi connectivity index (χ2v) is 5.62. The third-order valence-corrected chi connectivity index (χ3v) is 3.75. The van der Waals surface area contributed by atoms with Crippen molar-refractivity contribution >= 4 is 33.3 Å². The topological polar surface area (TPSA) is 51.8 Å². The van der Waals surface area contributed by atoms with E-state index >= 15 is 0 Å². The average molecular weight is 345 g/mol. The van der Waals surface area contributed by atoms with Crippen LogP contribution in [0.2, 0.25) is 5.02 Å². The predicted octanol–water partition coefficient (Wildman–Crippen LogP) is 4.40. The summed E-state index contributed by atoms with van der Waals surface area (Å²) in [5.41, 5.74) is 7.18. The second kappa shape index (κ2) is 5.43. The van der Waals surface area contributed by atoms with E-state index in [-0.39, 0.29) is 10.9 Å². The minimum Gasteiger partial charge on any atom is -0.383 e. The van der Waals surface area contributed by atoms with Gasteiger partial charge in [0.1, 0.15) is 11.6 Å². The molecule has 100 valence electrons. The van der Waals surface area contributed by atoms with Crippen LogP contribution in [-0.2, 0) is 0 Å². The summed E-state index contributed by atoms with van der Waals surface area (Å²) in [6, 6.07) is 4.44. The van der Waals surface area contributed by atoms with Crippen molar-refractivity contribution in [1.82, 2.24) is 9.97 Å². The van der Waals surface area contributed by atoms with E-state index in [9.17, 15) is 4.39 Å². The Kier molecular flexibility index (Phi) is 4.06. The standard InChI is InChI=1S/C13H12BrClFN3/c1-6(2)11-10(14)12(17)19-13(18-11)7-3-4-8(15)9(16)5-7/h3-6H,1-2H3,(H2,17,18,19). The molecule has 0 bridgehead atoms. The van der Waals surface area contributed by atoms with Crippen molar-refractivity contribution in [1.29, 1.82) is 0 Å². The number of anilines is 1. The Morgan fingerprint density at radius 2 is 2.00 bits per heavy atom. The molecule has 0 aliphatic rings. The van der Waals surface area contributed by atoms with E-state index in [1.54, 1.807) is 6.07 Å². The van der Waals surface area contributed by atoms with Crippen molar-refractivity contribution < 1.29 is 4.39 Å². The zero-order valence-electron chi connectivity index (χ0n) is 10.4. The third kappa shape index (κ3) is 2.87. The molecule has 0 unspecified atom stereocenters. The maximum absolute atomic E-state index is 13.5. The molecular formula is C13H12BrClFN3. The van der Waals surface area contributed by atoms with Crippen LogP contribution in [0.15, 0.2) is 22.7 Å². The van der Waals surface area contributed by atoms with Crippen LogP contribution in [0.1, 0.15) is 25.5 Å². The number of hydrogen-bond acceptors (Lipinski definition) is 3. The minimum atomic E-state index is -0.504. The molecule has 0 spiro atoms. The van der Waals surface area contributed by atoms with Crippen LogP contribution in [-0.4, -0.2) is 9.97 Å². The van der Waals surface area contributed by atoms with Crippen molar-refractivity contribution in [3.05, 3.63) is 39.2 Å². The number of hydrogen-bond donors (Lipinski definition) is 1. The first-order valence-corrected chi connectivity index (χ1v) is 6.85. The van der Waals surface area contributed by atoms with E-state index in [0.717, 1.165) is 5.69 Å². The molecule has 0 saturated carbocycles. The summed E-state index contributed by atoms with van der Waals surface area (Å²) in [6.45, 7) is 4.00. The summed E-state index contributed by atoms with van der Waals surface area (Å²) in [7, 11) is 0. The molecule has 0 saturated heterocycles. The molecule has 0 amide bonds. The number of nitrogen functional groups attached to an aromatic ring is 1. The quantitative estimate of drug-likeness (QED) is 0.878. The Labute approximate surface area is 124 Å². The molecule has 0 aliphatic heterocycles. The van der Waals surface area contributed by atoms with Gasteiger partial charge in [0.25, 0.3) is 0 Å². The fourth-order valence-electron chi connectivity index (χ4n) is 1.63. The molecule has 1 aromatic heterocycles. The maximum Gasteiger partial charge on any atom is 0.161 e. The average Bonchev–Trinajstić information content (AvgIpc) is 2.35. The van der Waals surface area contributed by atoms with Gasteiger partial charge in [0, 0.05) is 5.56 Å². The number of halogens is 3. The Hall–Kier alpha value is -1.20.